The maximum absolute atomic E-state index is 12.6. The molecule has 2 fully saturated rings. The Morgan fingerprint density at radius 1 is 1.31 bits per heavy atom. The van der Waals surface area contributed by atoms with Crippen molar-refractivity contribution in [3.05, 3.63) is 48.0 Å². The van der Waals surface area contributed by atoms with Gasteiger partial charge in [-0.25, -0.2) is 4.79 Å². The molecule has 4 heterocycles. The third kappa shape index (κ3) is 5.82. The maximum Gasteiger partial charge on any atom is 0.490 e. The van der Waals surface area contributed by atoms with Crippen LogP contribution in [-0.2, 0) is 27.9 Å². The first-order chi connectivity index (χ1) is 15.1. The van der Waals surface area contributed by atoms with Gasteiger partial charge in [-0.05, 0) is 24.6 Å². The quantitative estimate of drug-likeness (QED) is 0.750. The molecule has 2 saturated heterocycles. The van der Waals surface area contributed by atoms with Crippen LogP contribution in [0.1, 0.15) is 29.0 Å². The zero-order chi connectivity index (χ0) is 23.4. The van der Waals surface area contributed by atoms with Crippen molar-refractivity contribution >= 4 is 11.9 Å². The van der Waals surface area contributed by atoms with Crippen molar-refractivity contribution in [3.8, 4) is 0 Å². The maximum atomic E-state index is 12.6. The monoisotopic (exact) mass is 456 g/mol. The molecule has 12 heteroatoms. The number of carboxylic acids is 1. The van der Waals surface area contributed by atoms with Crippen LogP contribution in [0.25, 0.3) is 0 Å². The number of pyridine rings is 1. The molecule has 1 amide bonds. The number of aryl methyl sites for hydroxylation is 1. The van der Waals surface area contributed by atoms with Crippen molar-refractivity contribution in [1.29, 1.82) is 0 Å². The summed E-state index contributed by atoms with van der Waals surface area (Å²) in [6.45, 7) is 2.38. The van der Waals surface area contributed by atoms with Gasteiger partial charge in [0.15, 0.2) is 0 Å². The predicted octanol–water partition coefficient (Wildman–Crippen LogP) is 2.04. The Kier molecular flexibility index (Phi) is 7.14. The van der Waals surface area contributed by atoms with Gasteiger partial charge in [0.05, 0.1) is 37.2 Å². The summed E-state index contributed by atoms with van der Waals surface area (Å²) in [7, 11) is 1.78. The lowest BCUT2D eigenvalue weighted by molar-refractivity contribution is -0.192. The first kappa shape index (κ1) is 23.7. The van der Waals surface area contributed by atoms with Crippen LogP contribution in [-0.4, -0.2) is 74.2 Å². The van der Waals surface area contributed by atoms with Crippen molar-refractivity contribution < 1.29 is 37.3 Å². The van der Waals surface area contributed by atoms with E-state index in [0.717, 1.165) is 18.5 Å². The minimum Gasteiger partial charge on any atom is -0.475 e. The lowest BCUT2D eigenvalue weighted by Gasteiger charge is -2.23. The highest BCUT2D eigenvalue weighted by atomic mass is 19.4. The third-order valence-corrected chi connectivity index (χ3v) is 5.25. The summed E-state index contributed by atoms with van der Waals surface area (Å²) in [6.07, 6.45) is 0.0417. The molecule has 32 heavy (non-hydrogen) atoms. The van der Waals surface area contributed by atoms with Gasteiger partial charge in [0.2, 0.25) is 0 Å². The molecule has 2 atom stereocenters. The van der Waals surface area contributed by atoms with Crippen molar-refractivity contribution in [2.24, 2.45) is 7.05 Å². The second-order valence-electron chi connectivity index (χ2n) is 7.57. The number of aromatic nitrogens is 3. The second kappa shape index (κ2) is 9.65. The number of nitrogens with zero attached hydrogens (tertiary/aromatic N) is 4. The number of carboxylic acid groups (broad SMARTS) is 1. The minimum atomic E-state index is -5.08. The Bertz CT molecular complexity index is 937. The van der Waals surface area contributed by atoms with Crippen LogP contribution in [0.15, 0.2) is 36.7 Å². The van der Waals surface area contributed by atoms with Crippen molar-refractivity contribution in [1.82, 2.24) is 19.7 Å². The summed E-state index contributed by atoms with van der Waals surface area (Å²) in [6, 6.07) is 7.55. The van der Waals surface area contributed by atoms with Gasteiger partial charge in [-0.1, -0.05) is 6.07 Å². The number of halogens is 3. The number of likely N-dealkylation sites (tertiary alicyclic amines) is 1. The fourth-order valence-corrected chi connectivity index (χ4v) is 3.64. The molecule has 4 rings (SSSR count). The SMILES string of the molecule is Cn1nccc1C(=O)N1CC[C@]2(C[C@H](OCc3ccccn3)CO2)C1.O=C(O)C(F)(F)F. The molecule has 0 bridgehead atoms. The number of carbonyl (C=O) groups is 2. The summed E-state index contributed by atoms with van der Waals surface area (Å²) in [5, 5.41) is 11.2. The van der Waals surface area contributed by atoms with Crippen molar-refractivity contribution in [3.63, 3.8) is 0 Å². The topological polar surface area (TPSA) is 107 Å². The highest BCUT2D eigenvalue weighted by Gasteiger charge is 2.47. The number of amides is 1. The van der Waals surface area contributed by atoms with E-state index in [0.29, 0.717) is 32.0 Å². The van der Waals surface area contributed by atoms with Gasteiger partial charge in [-0.15, -0.1) is 0 Å². The largest absolute Gasteiger partial charge is 0.490 e. The predicted molar refractivity (Wildman–Crippen MR) is 104 cm³/mol. The number of aliphatic carboxylic acids is 1. The van der Waals surface area contributed by atoms with Gasteiger partial charge in [-0.2, -0.15) is 18.3 Å². The van der Waals surface area contributed by atoms with Crippen LogP contribution >= 0.6 is 0 Å². The van der Waals surface area contributed by atoms with Gasteiger partial charge in [-0.3, -0.25) is 14.5 Å². The van der Waals surface area contributed by atoms with Crippen LogP contribution in [0.4, 0.5) is 13.2 Å². The van der Waals surface area contributed by atoms with E-state index in [1.54, 1.807) is 30.2 Å². The number of ether oxygens (including phenoxy) is 2. The third-order valence-electron chi connectivity index (χ3n) is 5.25. The molecule has 0 radical (unpaired) electrons. The molecule has 0 aliphatic carbocycles. The molecule has 2 aromatic heterocycles. The Labute approximate surface area is 181 Å². The lowest BCUT2D eigenvalue weighted by Crippen LogP contribution is -2.36. The number of rotatable bonds is 4. The number of hydrogen-bond donors (Lipinski definition) is 1. The molecule has 174 valence electrons. The van der Waals surface area contributed by atoms with Crippen molar-refractivity contribution in [2.75, 3.05) is 19.7 Å². The molecule has 0 aromatic carbocycles. The van der Waals surface area contributed by atoms with E-state index in [-0.39, 0.29) is 17.6 Å². The standard InChI is InChI=1S/C18H22N4O3.C2HF3O2/c1-21-16(5-8-20-21)17(23)22-9-6-18(13-22)10-15(12-25-18)24-11-14-4-2-3-7-19-14;3-2(4,5)1(6)7/h2-5,7-8,15H,6,9-13H2,1H3;(H,6,7)/t15-,18-;/m0./s1. The molecule has 2 aliphatic heterocycles. The zero-order valence-electron chi connectivity index (χ0n) is 17.3. The van der Waals surface area contributed by atoms with Crippen LogP contribution < -0.4 is 0 Å². The van der Waals surface area contributed by atoms with Gasteiger partial charge < -0.3 is 19.5 Å². The second-order valence-corrected chi connectivity index (χ2v) is 7.57. The van der Waals surface area contributed by atoms with E-state index in [4.69, 9.17) is 19.4 Å². The average Bonchev–Trinajstić information content (AvgIpc) is 3.47. The smallest absolute Gasteiger partial charge is 0.475 e. The highest BCUT2D eigenvalue weighted by Crippen LogP contribution is 2.36. The fourth-order valence-electron chi connectivity index (χ4n) is 3.64. The van der Waals surface area contributed by atoms with Crippen LogP contribution in [0.5, 0.6) is 0 Å². The minimum absolute atomic E-state index is 0.0123. The summed E-state index contributed by atoms with van der Waals surface area (Å²) < 4.78 is 45.4. The molecule has 0 saturated carbocycles. The molecule has 2 aliphatic rings. The normalized spacial score (nSPS) is 22.6. The van der Waals surface area contributed by atoms with Gasteiger partial charge in [0.25, 0.3) is 5.91 Å². The summed E-state index contributed by atoms with van der Waals surface area (Å²) in [5.41, 5.74) is 1.25. The van der Waals surface area contributed by atoms with E-state index in [9.17, 15) is 18.0 Å². The van der Waals surface area contributed by atoms with E-state index in [1.165, 1.54) is 0 Å². The number of hydrogen-bond acceptors (Lipinski definition) is 6. The van der Waals surface area contributed by atoms with Gasteiger partial charge in [0.1, 0.15) is 5.69 Å². The highest BCUT2D eigenvalue weighted by molar-refractivity contribution is 5.92. The lowest BCUT2D eigenvalue weighted by atomic mass is 9.98. The molecule has 2 aromatic rings. The van der Waals surface area contributed by atoms with Crippen LogP contribution in [0.2, 0.25) is 0 Å². The number of carbonyl (C=O) groups excluding carboxylic acids is 1. The van der Waals surface area contributed by atoms with E-state index in [1.807, 2.05) is 23.1 Å². The van der Waals surface area contributed by atoms with E-state index in [2.05, 4.69) is 10.1 Å². The van der Waals surface area contributed by atoms with Gasteiger partial charge in [0, 0.05) is 32.4 Å². The van der Waals surface area contributed by atoms with Crippen molar-refractivity contribution in [2.45, 2.75) is 37.3 Å². The first-order valence-electron chi connectivity index (χ1n) is 9.82. The Balaban J connectivity index is 0.000000360. The van der Waals surface area contributed by atoms with Gasteiger partial charge >= 0.3 is 12.1 Å². The first-order valence-corrected chi connectivity index (χ1v) is 9.82. The number of alkyl halides is 3. The van der Waals surface area contributed by atoms with Crippen LogP contribution in [0.3, 0.4) is 0 Å². The fraction of sp³-hybridized carbons (Fsp3) is 0.500. The average molecular weight is 456 g/mol. The molecular weight excluding hydrogens is 433 g/mol. The molecular formula is C20H23F3N4O5. The Hall–Kier alpha value is -2.99. The molecule has 9 nitrogen and oxygen atoms in total. The zero-order valence-corrected chi connectivity index (χ0v) is 17.3. The van der Waals surface area contributed by atoms with Crippen LogP contribution in [0, 0.1) is 0 Å². The Morgan fingerprint density at radius 3 is 2.66 bits per heavy atom. The molecule has 1 N–H and O–H groups in total. The summed E-state index contributed by atoms with van der Waals surface area (Å²) in [5.74, 6) is -2.74. The molecule has 0 unspecified atom stereocenters. The van der Waals surface area contributed by atoms with E-state index < -0.39 is 12.1 Å². The van der Waals surface area contributed by atoms with E-state index >= 15 is 0 Å². The Morgan fingerprint density at radius 2 is 2.06 bits per heavy atom. The summed E-state index contributed by atoms with van der Waals surface area (Å²) in [4.78, 5) is 27.7. The molecule has 1 spiro atoms. The summed E-state index contributed by atoms with van der Waals surface area (Å²) >= 11 is 0.